The Kier molecular flexibility index (Phi) is 6.33. The zero-order chi connectivity index (χ0) is 18.5. The predicted molar refractivity (Wildman–Crippen MR) is 110 cm³/mol. The standard InChI is InChI=1S/C17H17N3O3S3/c1-2-23-12-5-3-11(4-6-12)9-13-15(22)20(17(24)26-13)10-14(21)19-16-18-7-8-25-16/h3-6,9H,2,7-8,10H2,1H3,(H,18,19,21)/b13-9-. The van der Waals surface area contributed by atoms with Gasteiger partial charge in [-0.3, -0.25) is 19.5 Å². The maximum Gasteiger partial charge on any atom is 0.266 e. The van der Waals surface area contributed by atoms with Gasteiger partial charge in [0.25, 0.3) is 5.91 Å². The lowest BCUT2D eigenvalue weighted by molar-refractivity contribution is -0.128. The van der Waals surface area contributed by atoms with Crippen LogP contribution in [0.15, 0.2) is 34.2 Å². The van der Waals surface area contributed by atoms with E-state index in [1.54, 1.807) is 6.08 Å². The summed E-state index contributed by atoms with van der Waals surface area (Å²) in [6.07, 6.45) is 1.77. The van der Waals surface area contributed by atoms with E-state index >= 15 is 0 Å². The highest BCUT2D eigenvalue weighted by Gasteiger charge is 2.33. The van der Waals surface area contributed by atoms with Gasteiger partial charge in [-0.2, -0.15) is 0 Å². The molecule has 136 valence electrons. The minimum absolute atomic E-state index is 0.106. The Bertz CT molecular complexity index is 790. The Morgan fingerprint density at radius 1 is 1.42 bits per heavy atom. The number of aliphatic imine (C=N–C) groups is 1. The summed E-state index contributed by atoms with van der Waals surface area (Å²) in [6.45, 7) is 3.12. The van der Waals surface area contributed by atoms with Crippen molar-refractivity contribution in [3.63, 3.8) is 0 Å². The van der Waals surface area contributed by atoms with Crippen LogP contribution in [0.5, 0.6) is 5.75 Å². The Labute approximate surface area is 165 Å². The second-order valence-electron chi connectivity index (χ2n) is 5.35. The van der Waals surface area contributed by atoms with E-state index in [1.165, 1.54) is 28.4 Å². The van der Waals surface area contributed by atoms with E-state index in [4.69, 9.17) is 17.0 Å². The number of ether oxygens (including phenoxy) is 1. The number of carbonyl (C=O) groups is 2. The van der Waals surface area contributed by atoms with Crippen LogP contribution in [0, 0.1) is 0 Å². The molecule has 0 unspecified atom stereocenters. The molecule has 0 saturated carbocycles. The topological polar surface area (TPSA) is 71.0 Å². The number of thioether (sulfide) groups is 2. The number of thiocarbonyl (C=S) groups is 1. The third-order valence-electron chi connectivity index (χ3n) is 3.50. The van der Waals surface area contributed by atoms with Crippen molar-refractivity contribution >= 4 is 63.1 Å². The summed E-state index contributed by atoms with van der Waals surface area (Å²) in [5.41, 5.74) is 0.870. The predicted octanol–water partition coefficient (Wildman–Crippen LogP) is 2.51. The molecule has 3 rings (SSSR count). The van der Waals surface area contributed by atoms with Crippen molar-refractivity contribution in [2.45, 2.75) is 6.92 Å². The maximum absolute atomic E-state index is 12.6. The van der Waals surface area contributed by atoms with Gasteiger partial charge in [0.15, 0.2) is 5.17 Å². The van der Waals surface area contributed by atoms with Crippen LogP contribution in [0.2, 0.25) is 0 Å². The lowest BCUT2D eigenvalue weighted by Crippen LogP contribution is -2.40. The molecule has 0 radical (unpaired) electrons. The van der Waals surface area contributed by atoms with Crippen LogP contribution < -0.4 is 10.1 Å². The highest BCUT2D eigenvalue weighted by Crippen LogP contribution is 2.32. The van der Waals surface area contributed by atoms with E-state index in [0.29, 0.717) is 27.5 Å². The summed E-state index contributed by atoms with van der Waals surface area (Å²) in [5.74, 6) is 1.09. The molecule has 1 N–H and O–H groups in total. The third-order valence-corrected chi connectivity index (χ3v) is 5.77. The van der Waals surface area contributed by atoms with E-state index in [0.717, 1.165) is 17.1 Å². The van der Waals surface area contributed by atoms with Crippen LogP contribution in [0.25, 0.3) is 6.08 Å². The van der Waals surface area contributed by atoms with Crippen LogP contribution in [0.3, 0.4) is 0 Å². The molecular formula is C17H17N3O3S3. The van der Waals surface area contributed by atoms with E-state index in [9.17, 15) is 9.59 Å². The van der Waals surface area contributed by atoms with Gasteiger partial charge < -0.3 is 10.1 Å². The Hall–Kier alpha value is -1.84. The molecule has 2 aliphatic heterocycles. The van der Waals surface area contributed by atoms with Crippen LogP contribution in [0.4, 0.5) is 0 Å². The van der Waals surface area contributed by atoms with Gasteiger partial charge in [-0.1, -0.05) is 47.9 Å². The molecule has 0 aliphatic carbocycles. The van der Waals surface area contributed by atoms with Gasteiger partial charge in [0.1, 0.15) is 16.6 Å². The van der Waals surface area contributed by atoms with Crippen LogP contribution in [-0.4, -0.2) is 51.7 Å². The quantitative estimate of drug-likeness (QED) is 0.597. The minimum atomic E-state index is -0.295. The molecule has 26 heavy (non-hydrogen) atoms. The first-order valence-corrected chi connectivity index (χ1v) is 10.2. The highest BCUT2D eigenvalue weighted by molar-refractivity contribution is 8.26. The molecule has 1 fully saturated rings. The smallest absolute Gasteiger partial charge is 0.266 e. The number of amides is 2. The van der Waals surface area contributed by atoms with Crippen LogP contribution in [0.1, 0.15) is 12.5 Å². The largest absolute Gasteiger partial charge is 0.494 e. The SMILES string of the molecule is CCOc1ccc(/C=C2\SC(=S)N(CC(=O)NC3=NCCS3)C2=O)cc1. The fourth-order valence-corrected chi connectivity index (χ4v) is 4.33. The van der Waals surface area contributed by atoms with Crippen LogP contribution in [-0.2, 0) is 9.59 Å². The number of hydrogen-bond donors (Lipinski definition) is 1. The number of rotatable bonds is 5. The number of benzene rings is 1. The molecule has 0 aromatic heterocycles. The normalized spacial score (nSPS) is 18.4. The summed E-state index contributed by atoms with van der Waals surface area (Å²) in [4.78, 5) is 30.7. The molecule has 1 saturated heterocycles. The lowest BCUT2D eigenvalue weighted by atomic mass is 10.2. The van der Waals surface area contributed by atoms with Crippen LogP contribution >= 0.6 is 35.7 Å². The molecule has 2 amide bonds. The number of nitrogens with one attached hydrogen (secondary N) is 1. The van der Waals surface area contributed by atoms with Gasteiger partial charge in [0.05, 0.1) is 18.1 Å². The first-order chi connectivity index (χ1) is 12.6. The van der Waals surface area contributed by atoms with Crippen molar-refractivity contribution in [1.82, 2.24) is 10.2 Å². The molecule has 0 atom stereocenters. The summed E-state index contributed by atoms with van der Waals surface area (Å²) >= 11 is 7.95. The molecular weight excluding hydrogens is 390 g/mol. The number of nitrogens with zero attached hydrogens (tertiary/aromatic N) is 2. The lowest BCUT2D eigenvalue weighted by Gasteiger charge is -2.13. The van der Waals surface area contributed by atoms with E-state index < -0.39 is 0 Å². The highest BCUT2D eigenvalue weighted by atomic mass is 32.2. The van der Waals surface area contributed by atoms with Crippen molar-refractivity contribution in [2.24, 2.45) is 4.99 Å². The fraction of sp³-hybridized carbons (Fsp3) is 0.294. The van der Waals surface area contributed by atoms with Crippen molar-refractivity contribution < 1.29 is 14.3 Å². The molecule has 1 aromatic rings. The molecule has 2 heterocycles. The molecule has 0 bridgehead atoms. The van der Waals surface area contributed by atoms with Gasteiger partial charge >= 0.3 is 0 Å². The van der Waals surface area contributed by atoms with E-state index in [-0.39, 0.29) is 18.4 Å². The Morgan fingerprint density at radius 2 is 2.19 bits per heavy atom. The molecule has 1 aromatic carbocycles. The fourth-order valence-electron chi connectivity index (χ4n) is 2.33. The van der Waals surface area contributed by atoms with Crippen molar-refractivity contribution in [3.05, 3.63) is 34.7 Å². The first kappa shape index (κ1) is 18.9. The minimum Gasteiger partial charge on any atom is -0.494 e. The Balaban J connectivity index is 1.64. The number of amidine groups is 1. The van der Waals surface area contributed by atoms with Crippen molar-refractivity contribution in [2.75, 3.05) is 25.4 Å². The average Bonchev–Trinajstić information content (AvgIpc) is 3.21. The third kappa shape index (κ3) is 4.66. The molecule has 6 nitrogen and oxygen atoms in total. The molecule has 2 aliphatic rings. The van der Waals surface area contributed by atoms with Gasteiger partial charge in [-0.15, -0.1) is 0 Å². The van der Waals surface area contributed by atoms with Gasteiger partial charge in [0, 0.05) is 5.75 Å². The van der Waals surface area contributed by atoms with E-state index in [1.807, 2.05) is 31.2 Å². The first-order valence-electron chi connectivity index (χ1n) is 8.02. The van der Waals surface area contributed by atoms with Gasteiger partial charge in [-0.25, -0.2) is 0 Å². The zero-order valence-electron chi connectivity index (χ0n) is 14.1. The summed E-state index contributed by atoms with van der Waals surface area (Å²) in [7, 11) is 0. The zero-order valence-corrected chi connectivity index (χ0v) is 16.5. The monoisotopic (exact) mass is 407 g/mol. The van der Waals surface area contributed by atoms with Crippen molar-refractivity contribution in [3.8, 4) is 5.75 Å². The number of hydrogen-bond acceptors (Lipinski definition) is 7. The second kappa shape index (κ2) is 8.70. The Morgan fingerprint density at radius 3 is 2.85 bits per heavy atom. The number of carbonyl (C=O) groups excluding carboxylic acids is 2. The summed E-state index contributed by atoms with van der Waals surface area (Å²) in [6, 6.07) is 7.45. The second-order valence-corrected chi connectivity index (χ2v) is 8.11. The van der Waals surface area contributed by atoms with Gasteiger partial charge in [-0.05, 0) is 30.7 Å². The van der Waals surface area contributed by atoms with Gasteiger partial charge in [0.2, 0.25) is 5.91 Å². The average molecular weight is 408 g/mol. The van der Waals surface area contributed by atoms with Crippen molar-refractivity contribution in [1.29, 1.82) is 0 Å². The summed E-state index contributed by atoms with van der Waals surface area (Å²) < 4.78 is 5.78. The molecule has 0 spiro atoms. The summed E-state index contributed by atoms with van der Waals surface area (Å²) in [5, 5.41) is 3.31. The van der Waals surface area contributed by atoms with E-state index in [2.05, 4.69) is 10.3 Å². The maximum atomic E-state index is 12.6. The molecule has 9 heteroatoms.